The second-order valence-electron chi connectivity index (χ2n) is 9.15. The van der Waals surface area contributed by atoms with Crippen molar-refractivity contribution >= 4 is 57.8 Å². The van der Waals surface area contributed by atoms with Gasteiger partial charge in [0.1, 0.15) is 25.0 Å². The lowest BCUT2D eigenvalue weighted by atomic mass is 10.1. The van der Waals surface area contributed by atoms with Crippen molar-refractivity contribution in [3.8, 4) is 0 Å². The van der Waals surface area contributed by atoms with Gasteiger partial charge in [-0.05, 0) is 61.8 Å². The molecule has 4 aromatic rings. The van der Waals surface area contributed by atoms with Crippen LogP contribution >= 0.6 is 34.8 Å². The summed E-state index contributed by atoms with van der Waals surface area (Å²) in [5.74, 6) is -1.02. The molecule has 0 N–H and O–H groups in total. The van der Waals surface area contributed by atoms with Gasteiger partial charge < -0.3 is 14.2 Å². The third-order valence-corrected chi connectivity index (χ3v) is 7.36. The van der Waals surface area contributed by atoms with Gasteiger partial charge in [0, 0.05) is 6.42 Å². The Labute approximate surface area is 234 Å². The summed E-state index contributed by atoms with van der Waals surface area (Å²) in [7, 11) is 0. The van der Waals surface area contributed by atoms with Crippen molar-refractivity contribution in [2.24, 2.45) is 0 Å². The zero-order valence-electron chi connectivity index (χ0n) is 20.5. The third kappa shape index (κ3) is 5.52. The van der Waals surface area contributed by atoms with Gasteiger partial charge in [-0.15, -0.1) is 0 Å². The SMILES string of the molecule is Cc1ccc(C(=O)OC[C@H]2O[C@@H](n3c(Cl)nc4cc(Cl)c(Cl)cc43)C[C@@H]2OC(=O)c2ccc(C)cc2)cc1. The monoisotopic (exact) mass is 572 g/mol. The van der Waals surface area contributed by atoms with Crippen LogP contribution in [0.4, 0.5) is 0 Å². The Morgan fingerprint density at radius 1 is 0.921 bits per heavy atom. The van der Waals surface area contributed by atoms with Crippen LogP contribution in [-0.2, 0) is 14.2 Å². The van der Waals surface area contributed by atoms with Crippen LogP contribution in [0, 0.1) is 13.8 Å². The van der Waals surface area contributed by atoms with Gasteiger partial charge in [-0.1, -0.05) is 58.6 Å². The van der Waals surface area contributed by atoms with Gasteiger partial charge >= 0.3 is 11.9 Å². The molecule has 0 aliphatic carbocycles. The number of aryl methyl sites for hydroxylation is 2. The maximum atomic E-state index is 12.9. The second-order valence-corrected chi connectivity index (χ2v) is 10.3. The fourth-order valence-corrected chi connectivity index (χ4v) is 4.90. The van der Waals surface area contributed by atoms with Crippen molar-refractivity contribution in [1.82, 2.24) is 9.55 Å². The molecule has 0 bridgehead atoms. The highest BCUT2D eigenvalue weighted by atomic mass is 35.5. The number of ether oxygens (including phenoxy) is 3. The number of imidazole rings is 1. The molecule has 10 heteroatoms. The molecule has 7 nitrogen and oxygen atoms in total. The number of nitrogens with zero attached hydrogens (tertiary/aromatic N) is 2. The molecule has 1 aromatic heterocycles. The van der Waals surface area contributed by atoms with E-state index in [0.29, 0.717) is 32.2 Å². The summed E-state index contributed by atoms with van der Waals surface area (Å²) < 4.78 is 19.3. The molecular weight excluding hydrogens is 551 g/mol. The van der Waals surface area contributed by atoms with E-state index in [-0.39, 0.29) is 18.3 Å². The molecular formula is C28H23Cl3N2O5. The van der Waals surface area contributed by atoms with Gasteiger partial charge in [0.05, 0.1) is 32.2 Å². The number of carbonyl (C=O) groups is 2. The molecule has 1 aliphatic heterocycles. The van der Waals surface area contributed by atoms with E-state index in [1.807, 2.05) is 38.1 Å². The Morgan fingerprint density at radius 2 is 1.50 bits per heavy atom. The van der Waals surface area contributed by atoms with Gasteiger partial charge in [0.2, 0.25) is 5.28 Å². The standard InChI is InChI=1S/C28H23Cl3N2O5/c1-15-3-7-17(8-4-15)26(34)36-14-24-23(38-27(35)18-9-5-16(2)6-10-18)13-25(37-24)33-22-12-20(30)19(29)11-21(22)32-28(33)31/h3-12,23-25H,13-14H2,1-2H3/t23-,24+,25+/m0/s1. The number of aromatic nitrogens is 2. The maximum Gasteiger partial charge on any atom is 0.338 e. The first-order chi connectivity index (χ1) is 18.2. The molecule has 1 fully saturated rings. The van der Waals surface area contributed by atoms with Crippen LogP contribution in [0.2, 0.25) is 15.3 Å². The number of fused-ring (bicyclic) bond motifs is 1. The molecule has 1 saturated heterocycles. The molecule has 0 unspecified atom stereocenters. The first-order valence-corrected chi connectivity index (χ1v) is 13.0. The van der Waals surface area contributed by atoms with Crippen LogP contribution in [0.15, 0.2) is 60.7 Å². The number of halogens is 3. The van der Waals surface area contributed by atoms with Crippen LogP contribution < -0.4 is 0 Å². The van der Waals surface area contributed by atoms with Gasteiger partial charge in [-0.3, -0.25) is 4.57 Å². The van der Waals surface area contributed by atoms with Crippen molar-refractivity contribution in [1.29, 1.82) is 0 Å². The topological polar surface area (TPSA) is 79.7 Å². The first kappa shape index (κ1) is 26.5. The highest BCUT2D eigenvalue weighted by Crippen LogP contribution is 2.38. The summed E-state index contributed by atoms with van der Waals surface area (Å²) in [5, 5.41) is 0.837. The summed E-state index contributed by atoms with van der Waals surface area (Å²) in [6.45, 7) is 3.73. The summed E-state index contributed by atoms with van der Waals surface area (Å²) in [6, 6.07) is 17.4. The summed E-state index contributed by atoms with van der Waals surface area (Å²) in [6.07, 6.45) is -1.89. The number of benzene rings is 3. The Hall–Kier alpha value is -3.10. The minimum absolute atomic E-state index is 0.133. The normalized spacial score (nSPS) is 19.0. The highest BCUT2D eigenvalue weighted by molar-refractivity contribution is 6.42. The maximum absolute atomic E-state index is 12.9. The lowest BCUT2D eigenvalue weighted by molar-refractivity contribution is -0.0561. The zero-order chi connectivity index (χ0) is 27.0. The smallest absolute Gasteiger partial charge is 0.338 e. The number of hydrogen-bond donors (Lipinski definition) is 0. The fourth-order valence-electron chi connectivity index (χ4n) is 4.29. The van der Waals surface area contributed by atoms with Crippen molar-refractivity contribution in [2.75, 3.05) is 6.61 Å². The molecule has 1 aliphatic rings. The van der Waals surface area contributed by atoms with Gasteiger partial charge in [0.15, 0.2) is 0 Å². The molecule has 0 saturated carbocycles. The average Bonchev–Trinajstić information content (AvgIpc) is 3.42. The lowest BCUT2D eigenvalue weighted by Gasteiger charge is -2.19. The molecule has 3 atom stereocenters. The van der Waals surface area contributed by atoms with Crippen molar-refractivity contribution in [3.63, 3.8) is 0 Å². The quantitative estimate of drug-likeness (QED) is 0.232. The molecule has 196 valence electrons. The minimum atomic E-state index is -0.750. The van der Waals surface area contributed by atoms with Crippen LogP contribution in [0.5, 0.6) is 0 Å². The van der Waals surface area contributed by atoms with Crippen LogP contribution in [0.3, 0.4) is 0 Å². The van der Waals surface area contributed by atoms with E-state index in [1.54, 1.807) is 41.0 Å². The van der Waals surface area contributed by atoms with Crippen molar-refractivity contribution in [2.45, 2.75) is 38.7 Å². The van der Waals surface area contributed by atoms with E-state index in [0.717, 1.165) is 11.1 Å². The Morgan fingerprint density at radius 3 is 2.13 bits per heavy atom. The predicted molar refractivity (Wildman–Crippen MR) is 145 cm³/mol. The van der Waals surface area contributed by atoms with Gasteiger partial charge in [-0.25, -0.2) is 14.6 Å². The largest absolute Gasteiger partial charge is 0.459 e. The molecule has 5 rings (SSSR count). The lowest BCUT2D eigenvalue weighted by Crippen LogP contribution is -2.32. The molecule has 3 aromatic carbocycles. The molecule has 0 amide bonds. The van der Waals surface area contributed by atoms with Crippen LogP contribution in [-0.4, -0.2) is 40.3 Å². The Balaban J connectivity index is 1.40. The van der Waals surface area contributed by atoms with E-state index < -0.39 is 30.4 Å². The number of esters is 2. The van der Waals surface area contributed by atoms with E-state index in [1.165, 1.54) is 0 Å². The summed E-state index contributed by atoms with van der Waals surface area (Å²) in [5.41, 5.74) is 4.01. The average molecular weight is 574 g/mol. The van der Waals surface area contributed by atoms with Crippen molar-refractivity contribution in [3.05, 3.63) is 98.2 Å². The molecule has 38 heavy (non-hydrogen) atoms. The molecule has 0 spiro atoms. The summed E-state index contributed by atoms with van der Waals surface area (Å²) >= 11 is 18.9. The van der Waals surface area contributed by atoms with Crippen LogP contribution in [0.25, 0.3) is 11.0 Å². The molecule has 0 radical (unpaired) electrons. The molecule has 2 heterocycles. The van der Waals surface area contributed by atoms with E-state index in [2.05, 4.69) is 4.98 Å². The minimum Gasteiger partial charge on any atom is -0.459 e. The van der Waals surface area contributed by atoms with Gasteiger partial charge in [0.25, 0.3) is 0 Å². The van der Waals surface area contributed by atoms with E-state index >= 15 is 0 Å². The zero-order valence-corrected chi connectivity index (χ0v) is 22.8. The number of carbonyl (C=O) groups excluding carboxylic acids is 2. The summed E-state index contributed by atoms with van der Waals surface area (Å²) in [4.78, 5) is 30.0. The highest BCUT2D eigenvalue weighted by Gasteiger charge is 2.41. The van der Waals surface area contributed by atoms with Gasteiger partial charge in [-0.2, -0.15) is 0 Å². The van der Waals surface area contributed by atoms with E-state index in [9.17, 15) is 9.59 Å². The van der Waals surface area contributed by atoms with E-state index in [4.69, 9.17) is 49.0 Å². The van der Waals surface area contributed by atoms with Crippen molar-refractivity contribution < 1.29 is 23.8 Å². The predicted octanol–water partition coefficient (Wildman–Crippen LogP) is 6.98. The number of rotatable bonds is 6. The first-order valence-electron chi connectivity index (χ1n) is 11.9. The Bertz CT molecular complexity index is 1500. The second kappa shape index (κ2) is 10.9. The Kier molecular flexibility index (Phi) is 7.63. The number of hydrogen-bond acceptors (Lipinski definition) is 6. The fraction of sp³-hybridized carbons (Fsp3) is 0.250. The third-order valence-electron chi connectivity index (χ3n) is 6.37. The van der Waals surface area contributed by atoms with Crippen LogP contribution in [0.1, 0.15) is 44.5 Å².